The minimum absolute atomic E-state index is 0. The van der Waals surface area contributed by atoms with E-state index in [4.69, 9.17) is 0 Å². The molecule has 0 bridgehead atoms. The van der Waals surface area contributed by atoms with Gasteiger partial charge in [-0.25, -0.2) is 0 Å². The SMILES string of the molecule is C1=C\CC/C=C\CC/1.C=CC[CH2-].C=CC[CH2-].[Pt+2]. The van der Waals surface area contributed by atoms with E-state index in [-0.39, 0.29) is 21.1 Å². The van der Waals surface area contributed by atoms with Gasteiger partial charge in [-0.1, -0.05) is 24.3 Å². The molecule has 0 aromatic heterocycles. The number of hydrogen-bond donors (Lipinski definition) is 0. The molecular formula is C16H26Pt. The van der Waals surface area contributed by atoms with Gasteiger partial charge in [-0.3, -0.25) is 0 Å². The summed E-state index contributed by atoms with van der Waals surface area (Å²) >= 11 is 0. The Morgan fingerprint density at radius 1 is 0.765 bits per heavy atom. The second-order valence-corrected chi connectivity index (χ2v) is 3.25. The van der Waals surface area contributed by atoms with E-state index in [1.807, 2.05) is 0 Å². The Bertz CT molecular complexity index is 156. The molecule has 0 spiro atoms. The maximum atomic E-state index is 3.49. The first-order valence-electron chi connectivity index (χ1n) is 5.93. The third kappa shape index (κ3) is 31.3. The largest absolute Gasteiger partial charge is 2.00 e. The van der Waals surface area contributed by atoms with Gasteiger partial charge in [-0.05, 0) is 25.7 Å². The first kappa shape index (κ1) is 21.9. The van der Waals surface area contributed by atoms with E-state index < -0.39 is 0 Å². The average molecular weight is 413 g/mol. The molecule has 0 aromatic carbocycles. The fourth-order valence-corrected chi connectivity index (χ4v) is 0.856. The molecule has 1 aliphatic rings. The molecule has 0 amide bonds. The summed E-state index contributed by atoms with van der Waals surface area (Å²) in [5, 5.41) is 0. The molecule has 0 saturated heterocycles. The molecule has 17 heavy (non-hydrogen) atoms. The van der Waals surface area contributed by atoms with Crippen LogP contribution in [0.5, 0.6) is 0 Å². The van der Waals surface area contributed by atoms with Crippen molar-refractivity contribution in [2.45, 2.75) is 38.5 Å². The van der Waals surface area contributed by atoms with Gasteiger partial charge >= 0.3 is 21.1 Å². The van der Waals surface area contributed by atoms with Crippen molar-refractivity contribution in [2.75, 3.05) is 0 Å². The Hall–Kier alpha value is -0.352. The van der Waals surface area contributed by atoms with Crippen molar-refractivity contribution in [1.29, 1.82) is 0 Å². The molecule has 0 aliphatic heterocycles. The summed E-state index contributed by atoms with van der Waals surface area (Å²) in [5.41, 5.74) is 0. The van der Waals surface area contributed by atoms with Gasteiger partial charge in [0.05, 0.1) is 0 Å². The van der Waals surface area contributed by atoms with Crippen molar-refractivity contribution in [3.8, 4) is 0 Å². The van der Waals surface area contributed by atoms with Crippen LogP contribution in [0.3, 0.4) is 0 Å². The third-order valence-corrected chi connectivity index (χ3v) is 1.74. The van der Waals surface area contributed by atoms with Crippen LogP contribution in [-0.2, 0) is 21.1 Å². The van der Waals surface area contributed by atoms with E-state index in [0.717, 1.165) is 12.8 Å². The summed E-state index contributed by atoms with van der Waals surface area (Å²) in [5.74, 6) is 0. The van der Waals surface area contributed by atoms with Crippen LogP contribution < -0.4 is 0 Å². The maximum absolute atomic E-state index is 3.49. The van der Waals surface area contributed by atoms with Crippen LogP contribution >= 0.6 is 0 Å². The molecule has 0 radical (unpaired) electrons. The molecule has 1 aliphatic carbocycles. The van der Waals surface area contributed by atoms with Crippen molar-refractivity contribution < 1.29 is 21.1 Å². The molecule has 0 saturated carbocycles. The molecule has 1 rings (SSSR count). The van der Waals surface area contributed by atoms with E-state index in [9.17, 15) is 0 Å². The second-order valence-electron chi connectivity index (χ2n) is 3.25. The van der Waals surface area contributed by atoms with Crippen molar-refractivity contribution in [3.63, 3.8) is 0 Å². The topological polar surface area (TPSA) is 0 Å². The van der Waals surface area contributed by atoms with E-state index >= 15 is 0 Å². The van der Waals surface area contributed by atoms with Crippen molar-refractivity contribution in [1.82, 2.24) is 0 Å². The van der Waals surface area contributed by atoms with E-state index in [2.05, 4.69) is 51.3 Å². The smallest absolute Gasteiger partial charge is 0.340 e. The Kier molecular flexibility index (Phi) is 31.9. The number of rotatable bonds is 2. The maximum Gasteiger partial charge on any atom is 2.00 e. The Labute approximate surface area is 123 Å². The Balaban J connectivity index is -0.000000189. The van der Waals surface area contributed by atoms with Crippen molar-refractivity contribution in [3.05, 3.63) is 63.5 Å². The van der Waals surface area contributed by atoms with Crippen LogP contribution in [0, 0.1) is 13.8 Å². The minimum Gasteiger partial charge on any atom is -0.340 e. The van der Waals surface area contributed by atoms with Gasteiger partial charge in [-0.15, -0.1) is 25.3 Å². The molecule has 0 unspecified atom stereocenters. The zero-order valence-electron chi connectivity index (χ0n) is 10.9. The molecule has 0 fully saturated rings. The zero-order chi connectivity index (χ0) is 12.5. The number of allylic oxidation sites excluding steroid dienone is 6. The van der Waals surface area contributed by atoms with Gasteiger partial charge < -0.3 is 13.8 Å². The molecule has 0 aromatic rings. The monoisotopic (exact) mass is 413 g/mol. The molecule has 0 nitrogen and oxygen atoms in total. The van der Waals surface area contributed by atoms with E-state index in [0.29, 0.717) is 0 Å². The summed E-state index contributed by atoms with van der Waals surface area (Å²) in [6.07, 6.45) is 19.2. The van der Waals surface area contributed by atoms with Crippen LogP contribution in [0.4, 0.5) is 0 Å². The molecule has 1 heteroatoms. The normalized spacial score (nSPS) is 16.1. The van der Waals surface area contributed by atoms with Gasteiger partial charge in [0.15, 0.2) is 0 Å². The molecule has 0 N–H and O–H groups in total. The van der Waals surface area contributed by atoms with Gasteiger partial charge in [0.25, 0.3) is 0 Å². The minimum atomic E-state index is 0. The van der Waals surface area contributed by atoms with Crippen LogP contribution in [0.25, 0.3) is 0 Å². The van der Waals surface area contributed by atoms with Crippen LogP contribution in [0.1, 0.15) is 38.5 Å². The fourth-order valence-electron chi connectivity index (χ4n) is 0.856. The van der Waals surface area contributed by atoms with Crippen LogP contribution in [-0.4, -0.2) is 0 Å². The van der Waals surface area contributed by atoms with Crippen molar-refractivity contribution >= 4 is 0 Å². The van der Waals surface area contributed by atoms with Crippen LogP contribution in [0.15, 0.2) is 49.6 Å². The number of hydrogen-bond acceptors (Lipinski definition) is 0. The van der Waals surface area contributed by atoms with E-state index in [1.54, 1.807) is 12.2 Å². The fraction of sp³-hybridized carbons (Fsp3) is 0.375. The Morgan fingerprint density at radius 3 is 1.06 bits per heavy atom. The second kappa shape index (κ2) is 24.7. The summed E-state index contributed by atoms with van der Waals surface area (Å²) in [4.78, 5) is 0. The summed E-state index contributed by atoms with van der Waals surface area (Å²) in [7, 11) is 0. The Morgan fingerprint density at radius 2 is 0.941 bits per heavy atom. The summed E-state index contributed by atoms with van der Waals surface area (Å²) in [6, 6.07) is 0. The third-order valence-electron chi connectivity index (χ3n) is 1.74. The average Bonchev–Trinajstić information content (AvgIpc) is 2.29. The predicted octanol–water partition coefficient (Wildman–Crippen LogP) is 5.46. The molecule has 100 valence electrons. The predicted molar refractivity (Wildman–Crippen MR) is 77.1 cm³/mol. The summed E-state index contributed by atoms with van der Waals surface area (Å²) in [6.45, 7) is 13.8. The van der Waals surface area contributed by atoms with Gasteiger partial charge in [0.2, 0.25) is 0 Å². The first-order chi connectivity index (χ1) is 7.83. The van der Waals surface area contributed by atoms with Gasteiger partial charge in [0, 0.05) is 0 Å². The summed E-state index contributed by atoms with van der Waals surface area (Å²) < 4.78 is 0. The molecular weight excluding hydrogens is 387 g/mol. The zero-order valence-corrected chi connectivity index (χ0v) is 13.1. The molecule has 0 heterocycles. The van der Waals surface area contributed by atoms with Crippen molar-refractivity contribution in [2.24, 2.45) is 0 Å². The van der Waals surface area contributed by atoms with Gasteiger partial charge in [-0.2, -0.15) is 12.8 Å². The standard InChI is InChI=1S/C8H12.2C4H7.Pt/c1-2-4-6-8-7-5-3-1;2*1-3-4-2;/h1-2,7-8H,3-6H2;2*3H,1-2,4H2;/q;2*-1;+2/b2-1-,8-7-;;;. The molecule has 0 atom stereocenters. The van der Waals surface area contributed by atoms with E-state index in [1.165, 1.54) is 25.7 Å². The first-order valence-corrected chi connectivity index (χ1v) is 5.93. The van der Waals surface area contributed by atoms with Gasteiger partial charge in [0.1, 0.15) is 0 Å². The quantitative estimate of drug-likeness (QED) is 0.416. The van der Waals surface area contributed by atoms with Crippen LogP contribution in [0.2, 0.25) is 0 Å².